The van der Waals surface area contributed by atoms with E-state index < -0.39 is 0 Å². The van der Waals surface area contributed by atoms with E-state index in [-0.39, 0.29) is 12.1 Å². The van der Waals surface area contributed by atoms with E-state index in [4.69, 9.17) is 32.9 Å². The van der Waals surface area contributed by atoms with E-state index in [1.807, 2.05) is 148 Å². The van der Waals surface area contributed by atoms with Gasteiger partial charge in [0.05, 0.1) is 40.2 Å². The Bertz CT molecular complexity index is 2170. The van der Waals surface area contributed by atoms with Gasteiger partial charge in [0.1, 0.15) is 0 Å². The Labute approximate surface area is 293 Å². The summed E-state index contributed by atoms with van der Waals surface area (Å²) in [6.07, 6.45) is 13.4. The molecule has 0 amide bonds. The molecule has 0 heterocycles. The van der Waals surface area contributed by atoms with Crippen LogP contribution in [0.4, 0.5) is 34.1 Å². The number of hydrogen-bond donors (Lipinski definition) is 4. The summed E-state index contributed by atoms with van der Waals surface area (Å²) in [6, 6.07) is 32.9. The van der Waals surface area contributed by atoms with Gasteiger partial charge in [0.15, 0.2) is 0 Å². The largest absolute Gasteiger partial charge is 0.397 e. The molecule has 50 heavy (non-hydrogen) atoms. The fourth-order valence-corrected chi connectivity index (χ4v) is 5.34. The zero-order chi connectivity index (χ0) is 35.0. The molecule has 0 saturated carbocycles. The average molecular weight is 657 g/mol. The van der Waals surface area contributed by atoms with Crippen molar-refractivity contribution in [2.24, 2.45) is 25.7 Å². The Morgan fingerprint density at radius 2 is 0.940 bits per heavy atom. The molecule has 0 bridgehead atoms. The van der Waals surface area contributed by atoms with Crippen molar-refractivity contribution in [3.63, 3.8) is 0 Å². The Morgan fingerprint density at radius 1 is 0.520 bits per heavy atom. The van der Waals surface area contributed by atoms with Gasteiger partial charge in [0.2, 0.25) is 0 Å². The van der Waals surface area contributed by atoms with Gasteiger partial charge in [-0.25, -0.2) is 0 Å². The smallest absolute Gasteiger partial charge is 0.0870 e. The van der Waals surface area contributed by atoms with Crippen LogP contribution in [-0.2, 0) is 0 Å². The van der Waals surface area contributed by atoms with Crippen molar-refractivity contribution in [1.29, 1.82) is 0 Å². The van der Waals surface area contributed by atoms with Crippen LogP contribution >= 0.6 is 0 Å². The third kappa shape index (κ3) is 8.55. The van der Waals surface area contributed by atoms with Gasteiger partial charge >= 0.3 is 0 Å². The first kappa shape index (κ1) is 33.5. The van der Waals surface area contributed by atoms with E-state index in [1.54, 1.807) is 12.4 Å². The highest BCUT2D eigenvalue weighted by Gasteiger charge is 2.17. The molecule has 5 aromatic carbocycles. The van der Waals surface area contributed by atoms with E-state index in [2.05, 4.69) is 9.98 Å². The van der Waals surface area contributed by atoms with Crippen molar-refractivity contribution in [3.8, 4) is 0 Å². The summed E-state index contributed by atoms with van der Waals surface area (Å²) in [5.74, 6) is 0. The van der Waals surface area contributed by atoms with E-state index in [0.717, 1.165) is 55.9 Å². The van der Waals surface area contributed by atoms with Crippen LogP contribution in [0.1, 0.15) is 38.9 Å². The van der Waals surface area contributed by atoms with Crippen LogP contribution in [0.3, 0.4) is 0 Å². The van der Waals surface area contributed by atoms with E-state index in [1.165, 1.54) is 0 Å². The zero-order valence-corrected chi connectivity index (χ0v) is 28.1. The van der Waals surface area contributed by atoms with Crippen LogP contribution in [0.5, 0.6) is 0 Å². The molecular formula is C42H40N8. The number of anilines is 3. The predicted octanol–water partition coefficient (Wildman–Crippen LogP) is 8.07. The van der Waals surface area contributed by atoms with E-state index in [9.17, 15) is 0 Å². The molecule has 1 aliphatic carbocycles. The van der Waals surface area contributed by atoms with Crippen molar-refractivity contribution in [2.75, 3.05) is 17.2 Å². The van der Waals surface area contributed by atoms with Crippen molar-refractivity contribution in [2.45, 2.75) is 25.9 Å². The van der Waals surface area contributed by atoms with Crippen LogP contribution in [-0.4, -0.2) is 36.9 Å². The topological polar surface area (TPSA) is 154 Å². The molecule has 6 rings (SSSR count). The lowest BCUT2D eigenvalue weighted by atomic mass is 9.94. The first-order chi connectivity index (χ1) is 24.2. The Balaban J connectivity index is 1.07. The van der Waals surface area contributed by atoms with E-state index >= 15 is 0 Å². The normalized spacial score (nSPS) is 16.3. The number of benzene rings is 5. The minimum atomic E-state index is -0.286. The van der Waals surface area contributed by atoms with Gasteiger partial charge in [0, 0.05) is 30.9 Å². The number of aryl methyl sites for hydroxylation is 2. The number of aliphatic imine (C=N–C) groups is 4. The summed E-state index contributed by atoms with van der Waals surface area (Å²) in [6.45, 7) is 4.04. The maximum Gasteiger partial charge on any atom is 0.0870 e. The Hall–Kier alpha value is -6.38. The first-order valence-electron chi connectivity index (χ1n) is 16.3. The first-order valence-corrected chi connectivity index (χ1v) is 16.3. The molecule has 8 N–H and O–H groups in total. The van der Waals surface area contributed by atoms with Gasteiger partial charge in [-0.3, -0.25) is 20.0 Å². The summed E-state index contributed by atoms with van der Waals surface area (Å²) in [5, 5.41) is 0. The fraction of sp³-hybridized carbons (Fsp3) is 0.0952. The number of nitrogen functional groups attached to an aromatic ring is 3. The van der Waals surface area contributed by atoms with Gasteiger partial charge < -0.3 is 22.9 Å². The maximum absolute atomic E-state index is 6.56. The number of hydrogen-bond acceptors (Lipinski definition) is 8. The quantitative estimate of drug-likeness (QED) is 0.0936. The van der Waals surface area contributed by atoms with Gasteiger partial charge in [-0.1, -0.05) is 85.0 Å². The molecule has 8 heteroatoms. The monoisotopic (exact) mass is 656 g/mol. The molecular weight excluding hydrogens is 617 g/mol. The second-order valence-corrected chi connectivity index (χ2v) is 12.3. The maximum atomic E-state index is 6.56. The molecule has 0 aliphatic heterocycles. The summed E-state index contributed by atoms with van der Waals surface area (Å²) < 4.78 is 0. The summed E-state index contributed by atoms with van der Waals surface area (Å²) in [5.41, 5.74) is 37.1. The van der Waals surface area contributed by atoms with Crippen molar-refractivity contribution in [1.82, 2.24) is 0 Å². The molecule has 2 atom stereocenters. The molecule has 8 nitrogen and oxygen atoms in total. The van der Waals surface area contributed by atoms with Crippen molar-refractivity contribution < 1.29 is 0 Å². The molecule has 0 spiro atoms. The van der Waals surface area contributed by atoms with Crippen molar-refractivity contribution in [3.05, 3.63) is 160 Å². The minimum Gasteiger partial charge on any atom is -0.397 e. The minimum absolute atomic E-state index is 0.183. The predicted molar refractivity (Wildman–Crippen MR) is 213 cm³/mol. The highest BCUT2D eigenvalue weighted by atomic mass is 14.8. The number of nitrogens with zero attached hydrogens (tertiary/aromatic N) is 4. The van der Waals surface area contributed by atoms with Crippen LogP contribution in [0, 0.1) is 13.8 Å². The number of allylic oxidation sites excluding steroid dienone is 2. The second kappa shape index (κ2) is 15.2. The fourth-order valence-electron chi connectivity index (χ4n) is 5.34. The SMILES string of the molecule is Cc1ccc(N)c(/N=C/c2ccc(/C=N/c3cc(C4=CC(N)C(/N=C/c5ccc(/C=N/c6cc(C)ccc6N)cc5)C=C4)ccc3N)cc2)c1. The van der Waals surface area contributed by atoms with Gasteiger partial charge in [-0.2, -0.15) is 0 Å². The third-order valence-corrected chi connectivity index (χ3v) is 8.30. The van der Waals surface area contributed by atoms with E-state index in [0.29, 0.717) is 22.7 Å². The second-order valence-electron chi connectivity index (χ2n) is 12.3. The molecule has 0 saturated heterocycles. The van der Waals surface area contributed by atoms with Crippen LogP contribution in [0.25, 0.3) is 5.57 Å². The average Bonchev–Trinajstić information content (AvgIpc) is 3.12. The third-order valence-electron chi connectivity index (χ3n) is 8.30. The molecule has 0 aromatic heterocycles. The molecule has 0 fully saturated rings. The van der Waals surface area contributed by atoms with Crippen molar-refractivity contribution >= 4 is 64.6 Å². The van der Waals surface area contributed by atoms with Crippen LogP contribution in [0.2, 0.25) is 0 Å². The zero-order valence-electron chi connectivity index (χ0n) is 28.1. The Kier molecular flexibility index (Phi) is 10.2. The van der Waals surface area contributed by atoms with Crippen LogP contribution < -0.4 is 22.9 Å². The Morgan fingerprint density at radius 3 is 1.40 bits per heavy atom. The molecule has 0 radical (unpaired) electrons. The summed E-state index contributed by atoms with van der Waals surface area (Å²) >= 11 is 0. The van der Waals surface area contributed by atoms with Gasteiger partial charge in [-0.15, -0.1) is 0 Å². The number of nitrogens with two attached hydrogens (primary N) is 4. The summed E-state index contributed by atoms with van der Waals surface area (Å²) in [7, 11) is 0. The number of rotatable bonds is 9. The molecule has 2 unspecified atom stereocenters. The molecule has 1 aliphatic rings. The van der Waals surface area contributed by atoms with Gasteiger partial charge in [0.25, 0.3) is 0 Å². The van der Waals surface area contributed by atoms with Gasteiger partial charge in [-0.05, 0) is 94.8 Å². The highest BCUT2D eigenvalue weighted by Crippen LogP contribution is 2.30. The lowest BCUT2D eigenvalue weighted by Gasteiger charge is -2.20. The molecule has 248 valence electrons. The summed E-state index contributed by atoms with van der Waals surface area (Å²) in [4.78, 5) is 18.5. The standard InChI is InChI=1S/C42H40N8/c1-27-3-15-35(43)40(19-27)48-24-30-7-5-29(6-8-30)23-47-39-18-14-33(21-38(39)46)34-13-17-37(45)42(22-34)50-26-32-11-9-31(10-12-32)25-49-41-20-28(2)4-16-36(41)44/h3-26,38-39H,43-46H2,1-2H3/b47-23+,48-24+,49-25+,50-26+. The highest BCUT2D eigenvalue weighted by molar-refractivity contribution is 5.89. The van der Waals surface area contributed by atoms with Crippen LogP contribution in [0.15, 0.2) is 141 Å². The lowest BCUT2D eigenvalue weighted by molar-refractivity contribution is 0.706. The lowest BCUT2D eigenvalue weighted by Crippen LogP contribution is -2.32. The molecule has 5 aromatic rings.